The highest BCUT2D eigenvalue weighted by molar-refractivity contribution is 6.19. The molecule has 0 spiro atoms. The molecule has 0 atom stereocenters. The highest BCUT2D eigenvalue weighted by Crippen LogP contribution is 2.30. The van der Waals surface area contributed by atoms with Gasteiger partial charge in [0, 0.05) is 5.88 Å². The Bertz CT molecular complexity index is 235. The Morgan fingerprint density at radius 1 is 1.47 bits per heavy atom. The molecule has 0 aliphatic heterocycles. The van der Waals surface area contributed by atoms with Crippen molar-refractivity contribution in [3.8, 4) is 0 Å². The maximum atomic E-state index is 11.9. The van der Waals surface area contributed by atoms with Crippen molar-refractivity contribution in [2.45, 2.75) is 45.1 Å². The van der Waals surface area contributed by atoms with E-state index in [9.17, 15) is 9.90 Å². The molecule has 88 valence electrons. The second kappa shape index (κ2) is 4.71. The summed E-state index contributed by atoms with van der Waals surface area (Å²) < 4.78 is 0. The van der Waals surface area contributed by atoms with Crippen molar-refractivity contribution in [1.29, 1.82) is 0 Å². The predicted octanol–water partition coefficient (Wildman–Crippen LogP) is 1.67. The molecular weight excluding hydrogens is 214 g/mol. The minimum Gasteiger partial charge on any atom is -0.394 e. The molecule has 0 heterocycles. The molecule has 2 N–H and O–H groups in total. The molecule has 0 unspecified atom stereocenters. The molecule has 1 rings (SSSR count). The quantitative estimate of drug-likeness (QED) is 0.726. The van der Waals surface area contributed by atoms with Gasteiger partial charge in [-0.1, -0.05) is 12.8 Å². The van der Waals surface area contributed by atoms with E-state index in [0.29, 0.717) is 5.88 Å². The first-order chi connectivity index (χ1) is 6.96. The summed E-state index contributed by atoms with van der Waals surface area (Å²) in [6.07, 6.45) is 3.88. The van der Waals surface area contributed by atoms with Crippen molar-refractivity contribution in [3.05, 3.63) is 0 Å². The Hall–Kier alpha value is -0.280. The Kier molecular flexibility index (Phi) is 4.01. The van der Waals surface area contributed by atoms with Crippen molar-refractivity contribution < 1.29 is 9.90 Å². The average molecular weight is 234 g/mol. The second-order valence-electron chi connectivity index (χ2n) is 5.12. The van der Waals surface area contributed by atoms with E-state index >= 15 is 0 Å². The molecule has 1 amide bonds. The van der Waals surface area contributed by atoms with Crippen LogP contribution in [-0.4, -0.2) is 29.0 Å². The number of halogens is 1. The molecule has 1 aliphatic rings. The van der Waals surface area contributed by atoms with Gasteiger partial charge in [-0.2, -0.15) is 0 Å². The molecule has 4 heteroatoms. The van der Waals surface area contributed by atoms with E-state index in [2.05, 4.69) is 5.32 Å². The van der Waals surface area contributed by atoms with E-state index in [0.717, 1.165) is 25.7 Å². The van der Waals surface area contributed by atoms with Gasteiger partial charge in [-0.3, -0.25) is 4.79 Å². The molecule has 0 bridgehead atoms. The van der Waals surface area contributed by atoms with E-state index in [1.165, 1.54) is 0 Å². The number of amides is 1. The SMILES string of the molecule is CC(C)(CCl)C(=O)NC1(CO)CCCC1. The van der Waals surface area contributed by atoms with Crippen LogP contribution < -0.4 is 5.32 Å². The highest BCUT2D eigenvalue weighted by atomic mass is 35.5. The van der Waals surface area contributed by atoms with Gasteiger partial charge in [0.05, 0.1) is 17.6 Å². The van der Waals surface area contributed by atoms with Crippen LogP contribution in [0.3, 0.4) is 0 Å². The van der Waals surface area contributed by atoms with Gasteiger partial charge in [0.25, 0.3) is 0 Å². The number of rotatable bonds is 4. The van der Waals surface area contributed by atoms with Crippen LogP contribution in [0.4, 0.5) is 0 Å². The third kappa shape index (κ3) is 2.85. The smallest absolute Gasteiger partial charge is 0.227 e. The Morgan fingerprint density at radius 3 is 2.40 bits per heavy atom. The molecule has 3 nitrogen and oxygen atoms in total. The van der Waals surface area contributed by atoms with Crippen molar-refractivity contribution in [2.24, 2.45) is 5.41 Å². The fraction of sp³-hybridized carbons (Fsp3) is 0.909. The normalized spacial score (nSPS) is 20.3. The van der Waals surface area contributed by atoms with Crippen LogP contribution in [0.1, 0.15) is 39.5 Å². The number of aliphatic hydroxyl groups excluding tert-OH is 1. The number of aliphatic hydroxyl groups is 1. The summed E-state index contributed by atoms with van der Waals surface area (Å²) in [6.45, 7) is 3.65. The highest BCUT2D eigenvalue weighted by Gasteiger charge is 2.38. The Labute approximate surface area is 96.2 Å². The lowest BCUT2D eigenvalue weighted by atomic mass is 9.91. The molecule has 1 fully saturated rings. The minimum absolute atomic E-state index is 0.0249. The summed E-state index contributed by atoms with van der Waals surface area (Å²) in [5.74, 6) is 0.230. The summed E-state index contributed by atoms with van der Waals surface area (Å²) in [5.41, 5.74) is -0.952. The molecule has 0 aromatic carbocycles. The molecule has 1 saturated carbocycles. The first kappa shape index (κ1) is 12.8. The number of alkyl halides is 1. The topological polar surface area (TPSA) is 49.3 Å². The van der Waals surface area contributed by atoms with Crippen LogP contribution in [0, 0.1) is 5.41 Å². The van der Waals surface area contributed by atoms with E-state index < -0.39 is 5.41 Å². The minimum atomic E-state index is -0.563. The third-order valence-corrected chi connectivity index (χ3v) is 3.86. The monoisotopic (exact) mass is 233 g/mol. The molecule has 1 aliphatic carbocycles. The van der Waals surface area contributed by atoms with Crippen LogP contribution in [0.15, 0.2) is 0 Å². The fourth-order valence-electron chi connectivity index (χ4n) is 1.85. The largest absolute Gasteiger partial charge is 0.394 e. The van der Waals surface area contributed by atoms with Crippen LogP contribution in [-0.2, 0) is 4.79 Å². The zero-order valence-corrected chi connectivity index (χ0v) is 10.2. The van der Waals surface area contributed by atoms with Crippen molar-refractivity contribution in [2.75, 3.05) is 12.5 Å². The standard InChI is InChI=1S/C11H20ClNO2/c1-10(2,7-12)9(15)13-11(8-14)5-3-4-6-11/h14H,3-8H2,1-2H3,(H,13,15). The van der Waals surface area contributed by atoms with E-state index in [1.54, 1.807) is 0 Å². The first-order valence-corrected chi connectivity index (χ1v) is 5.99. The molecular formula is C11H20ClNO2. The summed E-state index contributed by atoms with van der Waals surface area (Å²) in [7, 11) is 0. The zero-order chi connectivity index (χ0) is 11.5. The van der Waals surface area contributed by atoms with Gasteiger partial charge in [0.15, 0.2) is 0 Å². The van der Waals surface area contributed by atoms with Gasteiger partial charge < -0.3 is 10.4 Å². The molecule has 15 heavy (non-hydrogen) atoms. The van der Waals surface area contributed by atoms with Crippen LogP contribution in [0.25, 0.3) is 0 Å². The van der Waals surface area contributed by atoms with Crippen LogP contribution in [0.5, 0.6) is 0 Å². The van der Waals surface area contributed by atoms with Crippen molar-refractivity contribution in [3.63, 3.8) is 0 Å². The molecule has 0 aromatic rings. The van der Waals surface area contributed by atoms with E-state index in [4.69, 9.17) is 11.6 Å². The lowest BCUT2D eigenvalue weighted by molar-refractivity contribution is -0.130. The number of hydrogen-bond donors (Lipinski definition) is 2. The Balaban J connectivity index is 2.63. The van der Waals surface area contributed by atoms with Crippen LogP contribution in [0.2, 0.25) is 0 Å². The number of hydrogen-bond acceptors (Lipinski definition) is 2. The van der Waals surface area contributed by atoms with Gasteiger partial charge in [0.1, 0.15) is 0 Å². The summed E-state index contributed by atoms with van der Waals surface area (Å²) in [6, 6.07) is 0. The van der Waals surface area contributed by atoms with Crippen LogP contribution >= 0.6 is 11.6 Å². The third-order valence-electron chi connectivity index (χ3n) is 3.19. The summed E-state index contributed by atoms with van der Waals surface area (Å²) in [5, 5.41) is 12.3. The predicted molar refractivity (Wildman–Crippen MR) is 60.9 cm³/mol. The van der Waals surface area contributed by atoms with Gasteiger partial charge in [0.2, 0.25) is 5.91 Å². The fourth-order valence-corrected chi connectivity index (χ4v) is 1.97. The van der Waals surface area contributed by atoms with Crippen molar-refractivity contribution in [1.82, 2.24) is 5.32 Å². The summed E-state index contributed by atoms with van der Waals surface area (Å²) in [4.78, 5) is 11.9. The van der Waals surface area contributed by atoms with Gasteiger partial charge in [-0.25, -0.2) is 0 Å². The maximum Gasteiger partial charge on any atom is 0.227 e. The first-order valence-electron chi connectivity index (χ1n) is 5.45. The molecule has 0 radical (unpaired) electrons. The zero-order valence-electron chi connectivity index (χ0n) is 9.48. The van der Waals surface area contributed by atoms with Gasteiger partial charge in [-0.15, -0.1) is 11.6 Å². The average Bonchev–Trinajstić information content (AvgIpc) is 2.67. The van der Waals surface area contributed by atoms with E-state index in [1.807, 2.05) is 13.8 Å². The van der Waals surface area contributed by atoms with Crippen molar-refractivity contribution >= 4 is 17.5 Å². The maximum absolute atomic E-state index is 11.9. The Morgan fingerprint density at radius 2 is 2.00 bits per heavy atom. The molecule has 0 saturated heterocycles. The second-order valence-corrected chi connectivity index (χ2v) is 5.38. The van der Waals surface area contributed by atoms with Gasteiger partial charge in [-0.05, 0) is 26.7 Å². The number of carbonyl (C=O) groups is 1. The lowest BCUT2D eigenvalue weighted by Crippen LogP contribution is -2.53. The van der Waals surface area contributed by atoms with Gasteiger partial charge >= 0.3 is 0 Å². The lowest BCUT2D eigenvalue weighted by Gasteiger charge is -2.32. The van der Waals surface area contributed by atoms with E-state index in [-0.39, 0.29) is 18.1 Å². The molecule has 0 aromatic heterocycles. The number of nitrogens with one attached hydrogen (secondary N) is 1. The number of carbonyl (C=O) groups excluding carboxylic acids is 1. The summed E-state index contributed by atoms with van der Waals surface area (Å²) >= 11 is 5.74.